The SMILES string of the molecule is CC1CN(C(=O)C(CCC(=O)O)NC(=O)OCC2c3ccccc3-c3ccccc32)CC1O. The van der Waals surface area contributed by atoms with Gasteiger partial charge < -0.3 is 25.2 Å². The molecule has 8 heteroatoms. The van der Waals surface area contributed by atoms with E-state index < -0.39 is 30.1 Å². The number of likely N-dealkylation sites (tertiary alicyclic amines) is 1. The van der Waals surface area contributed by atoms with Gasteiger partial charge in [-0.15, -0.1) is 0 Å². The lowest BCUT2D eigenvalue weighted by molar-refractivity contribution is -0.138. The summed E-state index contributed by atoms with van der Waals surface area (Å²) in [5.41, 5.74) is 4.37. The number of ether oxygens (including phenoxy) is 1. The minimum atomic E-state index is -1.06. The van der Waals surface area contributed by atoms with Crippen LogP contribution in [0, 0.1) is 5.92 Å². The quantitative estimate of drug-likeness (QED) is 0.595. The first kappa shape index (κ1) is 22.8. The van der Waals surface area contributed by atoms with Crippen molar-refractivity contribution in [3.8, 4) is 11.1 Å². The number of rotatable bonds is 7. The molecule has 3 N–H and O–H groups in total. The highest BCUT2D eigenvalue weighted by molar-refractivity contribution is 5.86. The number of hydrogen-bond donors (Lipinski definition) is 3. The van der Waals surface area contributed by atoms with E-state index in [0.29, 0.717) is 6.54 Å². The minimum Gasteiger partial charge on any atom is -0.481 e. The number of carboxylic acid groups (broad SMARTS) is 1. The number of hydrogen-bond acceptors (Lipinski definition) is 5. The van der Waals surface area contributed by atoms with Gasteiger partial charge in [0.2, 0.25) is 5.91 Å². The van der Waals surface area contributed by atoms with Crippen molar-refractivity contribution in [2.24, 2.45) is 5.92 Å². The largest absolute Gasteiger partial charge is 0.481 e. The number of fused-ring (bicyclic) bond motifs is 3. The first-order valence-electron chi connectivity index (χ1n) is 11.1. The van der Waals surface area contributed by atoms with E-state index >= 15 is 0 Å². The standard InChI is InChI=1S/C25H28N2O6/c1-15-12-27(13-22(15)28)24(31)21(10-11-23(29)30)26-25(32)33-14-20-18-8-4-2-6-16(18)17-7-3-5-9-19(17)20/h2-9,15,20-22,28H,10-14H2,1H3,(H,26,32)(H,29,30). The molecule has 8 nitrogen and oxygen atoms in total. The van der Waals surface area contributed by atoms with Crippen molar-refractivity contribution in [2.45, 2.75) is 37.8 Å². The number of nitrogens with zero attached hydrogens (tertiary/aromatic N) is 1. The second-order valence-electron chi connectivity index (χ2n) is 8.74. The molecule has 1 saturated heterocycles. The first-order chi connectivity index (χ1) is 15.8. The summed E-state index contributed by atoms with van der Waals surface area (Å²) in [7, 11) is 0. The van der Waals surface area contributed by atoms with Crippen LogP contribution in [0.5, 0.6) is 0 Å². The molecule has 1 aliphatic carbocycles. The van der Waals surface area contributed by atoms with E-state index in [4.69, 9.17) is 9.84 Å². The molecule has 2 aliphatic rings. The maximum Gasteiger partial charge on any atom is 0.407 e. The lowest BCUT2D eigenvalue weighted by Crippen LogP contribution is -2.48. The Morgan fingerprint density at radius 2 is 1.67 bits per heavy atom. The van der Waals surface area contributed by atoms with Crippen molar-refractivity contribution in [3.63, 3.8) is 0 Å². The fourth-order valence-corrected chi connectivity index (χ4v) is 4.66. The van der Waals surface area contributed by atoms with Crippen LogP contribution in [0.2, 0.25) is 0 Å². The van der Waals surface area contributed by atoms with E-state index in [-0.39, 0.29) is 37.8 Å². The van der Waals surface area contributed by atoms with Gasteiger partial charge >= 0.3 is 12.1 Å². The van der Waals surface area contributed by atoms with Gasteiger partial charge in [0.15, 0.2) is 0 Å². The van der Waals surface area contributed by atoms with Crippen molar-refractivity contribution in [2.75, 3.05) is 19.7 Å². The summed E-state index contributed by atoms with van der Waals surface area (Å²) in [5.74, 6) is -1.67. The van der Waals surface area contributed by atoms with Crippen LogP contribution < -0.4 is 5.32 Å². The molecule has 2 aromatic carbocycles. The van der Waals surface area contributed by atoms with Gasteiger partial charge in [-0.05, 0) is 28.7 Å². The van der Waals surface area contributed by atoms with Gasteiger partial charge in [0, 0.05) is 31.3 Å². The van der Waals surface area contributed by atoms with Gasteiger partial charge in [0.25, 0.3) is 0 Å². The number of amides is 2. The Hall–Kier alpha value is -3.39. The Morgan fingerprint density at radius 1 is 1.06 bits per heavy atom. The molecular weight excluding hydrogens is 424 g/mol. The normalized spacial score (nSPS) is 20.1. The highest BCUT2D eigenvalue weighted by Crippen LogP contribution is 2.44. The van der Waals surface area contributed by atoms with Gasteiger partial charge in [0.05, 0.1) is 6.10 Å². The molecule has 3 atom stereocenters. The Kier molecular flexibility index (Phi) is 6.65. The fraction of sp³-hybridized carbons (Fsp3) is 0.400. The molecule has 1 heterocycles. The number of nitrogens with one attached hydrogen (secondary N) is 1. The first-order valence-corrected chi connectivity index (χ1v) is 11.1. The Bertz CT molecular complexity index is 999. The maximum atomic E-state index is 12.9. The zero-order valence-electron chi connectivity index (χ0n) is 18.4. The number of aliphatic hydroxyl groups is 1. The summed E-state index contributed by atoms with van der Waals surface area (Å²) < 4.78 is 5.51. The number of carboxylic acids is 1. The van der Waals surface area contributed by atoms with E-state index in [1.807, 2.05) is 55.5 Å². The van der Waals surface area contributed by atoms with E-state index in [0.717, 1.165) is 22.3 Å². The molecule has 4 rings (SSSR count). The molecule has 2 amide bonds. The molecule has 33 heavy (non-hydrogen) atoms. The van der Waals surface area contributed by atoms with Crippen LogP contribution in [0.3, 0.4) is 0 Å². The van der Waals surface area contributed by atoms with E-state index in [1.54, 1.807) is 0 Å². The Morgan fingerprint density at radius 3 is 2.21 bits per heavy atom. The highest BCUT2D eigenvalue weighted by Gasteiger charge is 2.35. The van der Waals surface area contributed by atoms with Gasteiger partial charge in [0.1, 0.15) is 12.6 Å². The predicted octanol–water partition coefficient (Wildman–Crippen LogP) is 2.60. The summed E-state index contributed by atoms with van der Waals surface area (Å²) in [6.45, 7) is 2.45. The number of β-amino-alcohol motifs (C(OH)–C–C–N with tert-alkyl or cyclic N) is 1. The topological polar surface area (TPSA) is 116 Å². The smallest absolute Gasteiger partial charge is 0.407 e. The van der Waals surface area contributed by atoms with E-state index in [2.05, 4.69) is 5.32 Å². The molecule has 0 saturated carbocycles. The molecule has 0 spiro atoms. The van der Waals surface area contributed by atoms with Gasteiger partial charge in [-0.25, -0.2) is 4.79 Å². The molecule has 0 bridgehead atoms. The number of aliphatic hydroxyl groups excluding tert-OH is 1. The van der Waals surface area contributed by atoms with Gasteiger partial charge in [-0.3, -0.25) is 9.59 Å². The molecule has 0 aromatic heterocycles. The van der Waals surface area contributed by atoms with Crippen molar-refractivity contribution < 1.29 is 29.3 Å². The summed E-state index contributed by atoms with van der Waals surface area (Å²) >= 11 is 0. The van der Waals surface area contributed by atoms with Crippen LogP contribution in [0.4, 0.5) is 4.79 Å². The monoisotopic (exact) mass is 452 g/mol. The van der Waals surface area contributed by atoms with Gasteiger partial charge in [-0.2, -0.15) is 0 Å². The van der Waals surface area contributed by atoms with Crippen LogP contribution in [0.15, 0.2) is 48.5 Å². The third kappa shape index (κ3) is 4.85. The Labute approximate surface area is 192 Å². The molecule has 174 valence electrons. The zero-order chi connectivity index (χ0) is 23.5. The highest BCUT2D eigenvalue weighted by atomic mass is 16.5. The van der Waals surface area contributed by atoms with Crippen molar-refractivity contribution in [1.82, 2.24) is 10.2 Å². The second kappa shape index (κ2) is 9.62. The number of alkyl carbamates (subject to hydrolysis) is 1. The molecule has 2 aromatic rings. The zero-order valence-corrected chi connectivity index (χ0v) is 18.4. The molecular formula is C25H28N2O6. The average molecular weight is 453 g/mol. The molecule has 3 unspecified atom stereocenters. The summed E-state index contributed by atoms with van der Waals surface area (Å²) in [6.07, 6.45) is -1.73. The molecule has 0 radical (unpaired) electrons. The number of carbonyl (C=O) groups is 3. The predicted molar refractivity (Wildman–Crippen MR) is 121 cm³/mol. The van der Waals surface area contributed by atoms with E-state index in [9.17, 15) is 19.5 Å². The molecule has 1 fully saturated rings. The van der Waals surface area contributed by atoms with Crippen molar-refractivity contribution in [1.29, 1.82) is 0 Å². The summed E-state index contributed by atoms with van der Waals surface area (Å²) in [5, 5.41) is 21.6. The summed E-state index contributed by atoms with van der Waals surface area (Å²) in [6, 6.07) is 14.9. The second-order valence-corrected chi connectivity index (χ2v) is 8.74. The maximum absolute atomic E-state index is 12.9. The van der Waals surface area contributed by atoms with Crippen molar-refractivity contribution in [3.05, 3.63) is 59.7 Å². The third-order valence-electron chi connectivity index (χ3n) is 6.47. The van der Waals surface area contributed by atoms with Crippen LogP contribution in [0.1, 0.15) is 36.8 Å². The van der Waals surface area contributed by atoms with E-state index in [1.165, 1.54) is 4.90 Å². The van der Waals surface area contributed by atoms with Crippen LogP contribution >= 0.6 is 0 Å². The number of aliphatic carboxylic acids is 1. The number of carbonyl (C=O) groups excluding carboxylic acids is 2. The fourth-order valence-electron chi connectivity index (χ4n) is 4.66. The molecule has 1 aliphatic heterocycles. The Balaban J connectivity index is 1.42. The number of benzene rings is 2. The van der Waals surface area contributed by atoms with Crippen LogP contribution in [-0.2, 0) is 14.3 Å². The average Bonchev–Trinajstić information content (AvgIpc) is 3.31. The van der Waals surface area contributed by atoms with Crippen molar-refractivity contribution >= 4 is 18.0 Å². The lowest BCUT2D eigenvalue weighted by atomic mass is 9.98. The van der Waals surface area contributed by atoms with Gasteiger partial charge in [-0.1, -0.05) is 55.5 Å². The van der Waals surface area contributed by atoms with Crippen LogP contribution in [0.25, 0.3) is 11.1 Å². The minimum absolute atomic E-state index is 0.0562. The summed E-state index contributed by atoms with van der Waals surface area (Å²) in [4.78, 5) is 38.1. The van der Waals surface area contributed by atoms with Crippen LogP contribution in [-0.4, -0.2) is 64.9 Å². The lowest BCUT2D eigenvalue weighted by Gasteiger charge is -2.24. The third-order valence-corrected chi connectivity index (χ3v) is 6.47.